The van der Waals surface area contributed by atoms with Gasteiger partial charge in [-0.05, 0) is 29.3 Å². The van der Waals surface area contributed by atoms with Gasteiger partial charge in [-0.15, -0.1) is 11.3 Å². The summed E-state index contributed by atoms with van der Waals surface area (Å²) in [4.78, 5) is 17.5. The SMILES string of the molecule is CCCCn1ncc(NCc2scnc2C)c(Br)c1=O. The number of anilines is 1. The maximum absolute atomic E-state index is 12.1. The van der Waals surface area contributed by atoms with E-state index in [1.54, 1.807) is 17.5 Å². The highest BCUT2D eigenvalue weighted by Gasteiger charge is 2.09. The molecule has 0 aliphatic heterocycles. The summed E-state index contributed by atoms with van der Waals surface area (Å²) < 4.78 is 2.03. The van der Waals surface area contributed by atoms with Crippen molar-refractivity contribution >= 4 is 33.0 Å². The topological polar surface area (TPSA) is 59.8 Å². The summed E-state index contributed by atoms with van der Waals surface area (Å²) in [6, 6.07) is 0. The number of nitrogens with zero attached hydrogens (tertiary/aromatic N) is 3. The van der Waals surface area contributed by atoms with Crippen LogP contribution in [0.5, 0.6) is 0 Å². The zero-order valence-electron chi connectivity index (χ0n) is 11.5. The van der Waals surface area contributed by atoms with E-state index >= 15 is 0 Å². The van der Waals surface area contributed by atoms with Crippen LogP contribution in [0.4, 0.5) is 5.69 Å². The average molecular weight is 357 g/mol. The zero-order chi connectivity index (χ0) is 14.5. The zero-order valence-corrected chi connectivity index (χ0v) is 13.9. The summed E-state index contributed by atoms with van der Waals surface area (Å²) in [6.07, 6.45) is 3.68. The minimum Gasteiger partial charge on any atom is -0.378 e. The molecule has 5 nitrogen and oxygen atoms in total. The smallest absolute Gasteiger partial charge is 0.283 e. The molecular weight excluding hydrogens is 340 g/mol. The van der Waals surface area contributed by atoms with Gasteiger partial charge in [0.1, 0.15) is 4.47 Å². The highest BCUT2D eigenvalue weighted by Crippen LogP contribution is 2.19. The molecule has 20 heavy (non-hydrogen) atoms. The van der Waals surface area contributed by atoms with E-state index in [0.29, 0.717) is 17.6 Å². The minimum atomic E-state index is -0.0931. The number of thiazole rings is 1. The first-order valence-corrected chi connectivity index (χ1v) is 8.19. The van der Waals surface area contributed by atoms with Crippen molar-refractivity contribution in [1.29, 1.82) is 0 Å². The summed E-state index contributed by atoms with van der Waals surface area (Å²) >= 11 is 4.96. The second kappa shape index (κ2) is 6.99. The Bertz CT molecular complexity index is 638. The van der Waals surface area contributed by atoms with Gasteiger partial charge in [0.15, 0.2) is 0 Å². The lowest BCUT2D eigenvalue weighted by Crippen LogP contribution is -2.24. The van der Waals surface area contributed by atoms with Crippen LogP contribution in [0.2, 0.25) is 0 Å². The molecule has 0 saturated heterocycles. The highest BCUT2D eigenvalue weighted by atomic mass is 79.9. The lowest BCUT2D eigenvalue weighted by Gasteiger charge is -2.09. The molecule has 0 aliphatic carbocycles. The number of aryl methyl sites for hydroxylation is 2. The van der Waals surface area contributed by atoms with Crippen LogP contribution in [-0.4, -0.2) is 14.8 Å². The predicted octanol–water partition coefficient (Wildman–Crippen LogP) is 3.18. The Hall–Kier alpha value is -1.21. The number of hydrogen-bond donors (Lipinski definition) is 1. The maximum atomic E-state index is 12.1. The van der Waals surface area contributed by atoms with Gasteiger partial charge < -0.3 is 5.32 Å². The number of unbranched alkanes of at least 4 members (excludes halogenated alkanes) is 1. The summed E-state index contributed by atoms with van der Waals surface area (Å²) in [5.74, 6) is 0. The molecule has 1 N–H and O–H groups in total. The van der Waals surface area contributed by atoms with Crippen LogP contribution in [0.15, 0.2) is 21.0 Å². The van der Waals surface area contributed by atoms with E-state index in [1.165, 1.54) is 4.68 Å². The highest BCUT2D eigenvalue weighted by molar-refractivity contribution is 9.10. The standard InChI is InChI=1S/C13H17BrN4OS/c1-3-4-5-18-13(19)12(14)10(6-17-18)15-7-11-9(2)16-8-20-11/h6,8,15H,3-5,7H2,1-2H3. The maximum Gasteiger partial charge on any atom is 0.283 e. The molecule has 108 valence electrons. The first-order chi connectivity index (χ1) is 9.63. The Balaban J connectivity index is 2.11. The van der Waals surface area contributed by atoms with E-state index in [-0.39, 0.29) is 5.56 Å². The molecule has 0 fully saturated rings. The van der Waals surface area contributed by atoms with Crippen molar-refractivity contribution < 1.29 is 0 Å². The number of hydrogen-bond acceptors (Lipinski definition) is 5. The molecular formula is C13H17BrN4OS. The monoisotopic (exact) mass is 356 g/mol. The quantitative estimate of drug-likeness (QED) is 0.863. The van der Waals surface area contributed by atoms with E-state index in [4.69, 9.17) is 0 Å². The van der Waals surface area contributed by atoms with E-state index in [2.05, 4.69) is 38.3 Å². The average Bonchev–Trinajstić information content (AvgIpc) is 2.85. The Morgan fingerprint density at radius 2 is 2.30 bits per heavy atom. The van der Waals surface area contributed by atoms with E-state index in [1.807, 2.05) is 12.4 Å². The fourth-order valence-corrected chi connectivity index (χ4v) is 2.89. The third kappa shape index (κ3) is 3.46. The molecule has 2 heterocycles. The minimum absolute atomic E-state index is 0.0931. The molecule has 0 aromatic carbocycles. The second-order valence-electron chi connectivity index (χ2n) is 4.47. The van der Waals surface area contributed by atoms with E-state index in [0.717, 1.165) is 29.1 Å². The molecule has 7 heteroatoms. The van der Waals surface area contributed by atoms with Crippen LogP contribution in [0, 0.1) is 6.92 Å². The molecule has 0 aliphatic rings. The van der Waals surface area contributed by atoms with Gasteiger partial charge >= 0.3 is 0 Å². The molecule has 0 bridgehead atoms. The second-order valence-corrected chi connectivity index (χ2v) is 6.20. The van der Waals surface area contributed by atoms with Gasteiger partial charge in [-0.3, -0.25) is 4.79 Å². The number of halogens is 1. The molecule has 0 saturated carbocycles. The number of aromatic nitrogens is 3. The Morgan fingerprint density at radius 1 is 1.50 bits per heavy atom. The van der Waals surface area contributed by atoms with Gasteiger partial charge in [-0.2, -0.15) is 5.10 Å². The van der Waals surface area contributed by atoms with Crippen molar-refractivity contribution in [3.8, 4) is 0 Å². The van der Waals surface area contributed by atoms with Crippen LogP contribution in [-0.2, 0) is 13.1 Å². The lowest BCUT2D eigenvalue weighted by molar-refractivity contribution is 0.541. The van der Waals surface area contributed by atoms with Gasteiger partial charge in [0.25, 0.3) is 5.56 Å². The van der Waals surface area contributed by atoms with E-state index in [9.17, 15) is 4.79 Å². The molecule has 2 aromatic heterocycles. The van der Waals surface area contributed by atoms with Crippen LogP contribution in [0.25, 0.3) is 0 Å². The first-order valence-electron chi connectivity index (χ1n) is 6.52. The summed E-state index contributed by atoms with van der Waals surface area (Å²) in [6.45, 7) is 5.37. The van der Waals surface area contributed by atoms with Crippen LogP contribution >= 0.6 is 27.3 Å². The third-order valence-corrected chi connectivity index (χ3v) is 4.69. The fraction of sp³-hybridized carbons (Fsp3) is 0.462. The summed E-state index contributed by atoms with van der Waals surface area (Å²) in [5, 5.41) is 7.43. The van der Waals surface area contributed by atoms with Gasteiger partial charge in [-0.25, -0.2) is 9.67 Å². The lowest BCUT2D eigenvalue weighted by atomic mass is 10.3. The third-order valence-electron chi connectivity index (χ3n) is 2.99. The normalized spacial score (nSPS) is 10.8. The summed E-state index contributed by atoms with van der Waals surface area (Å²) in [7, 11) is 0. The largest absolute Gasteiger partial charge is 0.378 e. The molecule has 0 unspecified atom stereocenters. The molecule has 0 radical (unpaired) electrons. The van der Waals surface area contributed by atoms with Crippen molar-refractivity contribution in [3.05, 3.63) is 37.1 Å². The van der Waals surface area contributed by atoms with Crippen molar-refractivity contribution in [2.45, 2.75) is 39.8 Å². The van der Waals surface area contributed by atoms with Crippen molar-refractivity contribution in [3.63, 3.8) is 0 Å². The van der Waals surface area contributed by atoms with Crippen molar-refractivity contribution in [2.24, 2.45) is 0 Å². The molecule has 2 aromatic rings. The molecule has 0 spiro atoms. The predicted molar refractivity (Wildman–Crippen MR) is 85.3 cm³/mol. The fourth-order valence-electron chi connectivity index (χ4n) is 1.73. The van der Waals surface area contributed by atoms with Gasteiger partial charge in [0.2, 0.25) is 0 Å². The summed E-state index contributed by atoms with van der Waals surface area (Å²) in [5.41, 5.74) is 3.46. The van der Waals surface area contributed by atoms with Gasteiger partial charge in [0, 0.05) is 11.4 Å². The number of nitrogens with one attached hydrogen (secondary N) is 1. The number of rotatable bonds is 6. The molecule has 0 amide bonds. The van der Waals surface area contributed by atoms with Gasteiger partial charge in [0.05, 0.1) is 29.6 Å². The first kappa shape index (κ1) is 15.2. The Labute approximate surface area is 130 Å². The molecule has 2 rings (SSSR count). The van der Waals surface area contributed by atoms with Gasteiger partial charge in [-0.1, -0.05) is 13.3 Å². The van der Waals surface area contributed by atoms with Crippen LogP contribution in [0.3, 0.4) is 0 Å². The van der Waals surface area contributed by atoms with Crippen LogP contribution < -0.4 is 10.9 Å². The molecule has 0 atom stereocenters. The van der Waals surface area contributed by atoms with Crippen molar-refractivity contribution in [1.82, 2.24) is 14.8 Å². The Morgan fingerprint density at radius 3 is 2.95 bits per heavy atom. The van der Waals surface area contributed by atoms with Crippen molar-refractivity contribution in [2.75, 3.05) is 5.32 Å². The van der Waals surface area contributed by atoms with E-state index < -0.39 is 0 Å². The Kier molecular flexibility index (Phi) is 5.31. The van der Waals surface area contributed by atoms with Crippen LogP contribution in [0.1, 0.15) is 30.3 Å².